The van der Waals surface area contributed by atoms with Gasteiger partial charge in [0.1, 0.15) is 0 Å². The van der Waals surface area contributed by atoms with Crippen LogP contribution >= 0.6 is 11.8 Å². The number of rotatable bonds is 6. The molecule has 0 atom stereocenters. The molecule has 1 aromatic carbocycles. The Hall–Kier alpha value is -1.00. The Kier molecular flexibility index (Phi) is 5.08. The maximum atomic E-state index is 11.6. The molecule has 1 saturated carbocycles. The highest BCUT2D eigenvalue weighted by Gasteiger charge is 2.27. The van der Waals surface area contributed by atoms with Gasteiger partial charge < -0.3 is 10.4 Å². The number of aliphatic hydroxyl groups excluding tert-OH is 1. The zero-order valence-corrected chi connectivity index (χ0v) is 11.2. The second-order valence-corrected chi connectivity index (χ2v) is 5.82. The van der Waals surface area contributed by atoms with Crippen molar-refractivity contribution in [3.05, 3.63) is 30.3 Å². The van der Waals surface area contributed by atoms with E-state index in [1.54, 1.807) is 11.8 Å². The summed E-state index contributed by atoms with van der Waals surface area (Å²) in [6.45, 7) is 0. The highest BCUT2D eigenvalue weighted by molar-refractivity contribution is 7.99. The normalized spacial score (nSPS) is 22.3. The summed E-state index contributed by atoms with van der Waals surface area (Å²) in [4.78, 5) is 12.8. The first-order valence-electron chi connectivity index (χ1n) is 6.39. The van der Waals surface area contributed by atoms with Crippen LogP contribution in [0.15, 0.2) is 35.2 Å². The lowest BCUT2D eigenvalue weighted by atomic mass is 9.89. The van der Waals surface area contributed by atoms with Crippen LogP contribution in [0.3, 0.4) is 0 Å². The van der Waals surface area contributed by atoms with Gasteiger partial charge in [-0.25, -0.2) is 0 Å². The molecule has 0 radical (unpaired) electrons. The molecule has 1 aliphatic carbocycles. The van der Waals surface area contributed by atoms with Crippen molar-refractivity contribution in [1.82, 2.24) is 5.32 Å². The zero-order chi connectivity index (χ0) is 12.8. The van der Waals surface area contributed by atoms with E-state index >= 15 is 0 Å². The van der Waals surface area contributed by atoms with E-state index in [-0.39, 0.29) is 18.1 Å². The Morgan fingerprint density at radius 1 is 1.33 bits per heavy atom. The van der Waals surface area contributed by atoms with E-state index in [9.17, 15) is 4.79 Å². The van der Waals surface area contributed by atoms with Crippen molar-refractivity contribution in [3.8, 4) is 0 Å². The second-order valence-electron chi connectivity index (χ2n) is 4.65. The predicted octanol–water partition coefficient (Wildman–Crippen LogP) is 2.20. The van der Waals surface area contributed by atoms with Crippen molar-refractivity contribution < 1.29 is 9.90 Å². The molecule has 1 fully saturated rings. The third-order valence-electron chi connectivity index (χ3n) is 3.04. The van der Waals surface area contributed by atoms with Crippen LogP contribution in [0.4, 0.5) is 0 Å². The number of carbonyl (C=O) groups is 1. The van der Waals surface area contributed by atoms with Crippen LogP contribution < -0.4 is 5.32 Å². The largest absolute Gasteiger partial charge is 0.393 e. The number of nitrogens with one attached hydrogen (secondary N) is 1. The maximum absolute atomic E-state index is 11.6. The van der Waals surface area contributed by atoms with E-state index < -0.39 is 0 Å². The maximum Gasteiger partial charge on any atom is 0.220 e. The molecule has 1 aliphatic rings. The van der Waals surface area contributed by atoms with Gasteiger partial charge in [0.15, 0.2) is 0 Å². The molecule has 2 N–H and O–H groups in total. The molecule has 3 nitrogen and oxygen atoms in total. The monoisotopic (exact) mass is 265 g/mol. The number of thioether (sulfide) groups is 1. The number of hydrogen-bond donors (Lipinski definition) is 2. The molecule has 0 heterocycles. The van der Waals surface area contributed by atoms with Gasteiger partial charge in [-0.1, -0.05) is 18.2 Å². The molecule has 4 heteroatoms. The molecular formula is C14H19NO2S. The smallest absolute Gasteiger partial charge is 0.220 e. The number of amides is 1. The van der Waals surface area contributed by atoms with Gasteiger partial charge in [0.25, 0.3) is 0 Å². The molecule has 98 valence electrons. The van der Waals surface area contributed by atoms with Crippen molar-refractivity contribution in [2.24, 2.45) is 0 Å². The average Bonchev–Trinajstić information content (AvgIpc) is 2.34. The van der Waals surface area contributed by atoms with Crippen LogP contribution in [0.5, 0.6) is 0 Å². The third kappa shape index (κ3) is 4.35. The van der Waals surface area contributed by atoms with Crippen LogP contribution in [-0.2, 0) is 4.79 Å². The highest BCUT2D eigenvalue weighted by atomic mass is 32.2. The fourth-order valence-electron chi connectivity index (χ4n) is 1.94. The average molecular weight is 265 g/mol. The Labute approximate surface area is 112 Å². The molecule has 0 spiro atoms. The first-order chi connectivity index (χ1) is 8.74. The van der Waals surface area contributed by atoms with Gasteiger partial charge in [0, 0.05) is 17.4 Å². The summed E-state index contributed by atoms with van der Waals surface area (Å²) in [5.41, 5.74) is 0. The molecule has 18 heavy (non-hydrogen) atoms. The molecule has 2 rings (SSSR count). The number of hydrogen-bond acceptors (Lipinski definition) is 3. The van der Waals surface area contributed by atoms with E-state index in [1.165, 1.54) is 4.90 Å². The summed E-state index contributed by atoms with van der Waals surface area (Å²) < 4.78 is 0. The number of aliphatic hydroxyl groups is 1. The Morgan fingerprint density at radius 2 is 2.06 bits per heavy atom. The number of carbonyl (C=O) groups excluding carboxylic acids is 1. The highest BCUT2D eigenvalue weighted by Crippen LogP contribution is 2.20. The van der Waals surface area contributed by atoms with E-state index in [4.69, 9.17) is 5.11 Å². The van der Waals surface area contributed by atoms with Crippen molar-refractivity contribution in [1.29, 1.82) is 0 Å². The van der Waals surface area contributed by atoms with Crippen molar-refractivity contribution >= 4 is 17.7 Å². The van der Waals surface area contributed by atoms with E-state index in [2.05, 4.69) is 17.4 Å². The van der Waals surface area contributed by atoms with Gasteiger partial charge in [-0.2, -0.15) is 0 Å². The lowest BCUT2D eigenvalue weighted by molar-refractivity contribution is -0.123. The quantitative estimate of drug-likeness (QED) is 0.612. The SMILES string of the molecule is O=C(CCCSc1ccccc1)NC1CC(O)C1. The Morgan fingerprint density at radius 3 is 2.72 bits per heavy atom. The van der Waals surface area contributed by atoms with Crippen LogP contribution in [0.2, 0.25) is 0 Å². The van der Waals surface area contributed by atoms with Gasteiger partial charge in [-0.15, -0.1) is 11.8 Å². The molecule has 0 aromatic heterocycles. The lowest BCUT2D eigenvalue weighted by Gasteiger charge is -2.31. The molecule has 0 unspecified atom stereocenters. The Bertz CT molecular complexity index is 377. The fraction of sp³-hybridized carbons (Fsp3) is 0.500. The van der Waals surface area contributed by atoms with Gasteiger partial charge in [0.2, 0.25) is 5.91 Å². The molecular weight excluding hydrogens is 246 g/mol. The van der Waals surface area contributed by atoms with Gasteiger partial charge in [-0.3, -0.25) is 4.79 Å². The standard InChI is InChI=1S/C14H19NO2S/c16-12-9-11(10-12)15-14(17)7-4-8-18-13-5-2-1-3-6-13/h1-3,5-6,11-12,16H,4,7-10H2,(H,15,17). The second kappa shape index (κ2) is 6.81. The summed E-state index contributed by atoms with van der Waals surface area (Å²) in [7, 11) is 0. The topological polar surface area (TPSA) is 49.3 Å². The van der Waals surface area contributed by atoms with Gasteiger partial charge in [0.05, 0.1) is 6.10 Å². The molecule has 1 amide bonds. The molecule has 0 aliphatic heterocycles. The van der Waals surface area contributed by atoms with Crippen LogP contribution in [-0.4, -0.2) is 28.9 Å². The molecule has 0 bridgehead atoms. The Balaban J connectivity index is 1.54. The predicted molar refractivity (Wildman–Crippen MR) is 73.6 cm³/mol. The van der Waals surface area contributed by atoms with E-state index in [1.807, 2.05) is 18.2 Å². The zero-order valence-electron chi connectivity index (χ0n) is 10.3. The lowest BCUT2D eigenvalue weighted by Crippen LogP contribution is -2.46. The van der Waals surface area contributed by atoms with Crippen molar-refractivity contribution in [2.45, 2.75) is 42.7 Å². The summed E-state index contributed by atoms with van der Waals surface area (Å²) in [6.07, 6.45) is 2.69. The fourth-order valence-corrected chi connectivity index (χ4v) is 2.82. The van der Waals surface area contributed by atoms with Gasteiger partial charge >= 0.3 is 0 Å². The first-order valence-corrected chi connectivity index (χ1v) is 7.38. The third-order valence-corrected chi connectivity index (χ3v) is 4.14. The van der Waals surface area contributed by atoms with E-state index in [0.717, 1.165) is 12.2 Å². The van der Waals surface area contributed by atoms with Crippen molar-refractivity contribution in [2.75, 3.05) is 5.75 Å². The molecule has 0 saturated heterocycles. The van der Waals surface area contributed by atoms with Crippen LogP contribution in [0.1, 0.15) is 25.7 Å². The summed E-state index contributed by atoms with van der Waals surface area (Å²) in [6, 6.07) is 10.4. The summed E-state index contributed by atoms with van der Waals surface area (Å²) in [5.74, 6) is 1.07. The first kappa shape index (κ1) is 13.4. The van der Waals surface area contributed by atoms with Crippen LogP contribution in [0.25, 0.3) is 0 Å². The number of benzene rings is 1. The summed E-state index contributed by atoms with van der Waals surface area (Å²) in [5, 5.41) is 12.1. The van der Waals surface area contributed by atoms with E-state index in [0.29, 0.717) is 19.3 Å². The van der Waals surface area contributed by atoms with Crippen molar-refractivity contribution in [3.63, 3.8) is 0 Å². The summed E-state index contributed by atoms with van der Waals surface area (Å²) >= 11 is 1.78. The van der Waals surface area contributed by atoms with Gasteiger partial charge in [-0.05, 0) is 37.1 Å². The minimum Gasteiger partial charge on any atom is -0.393 e. The molecule has 1 aromatic rings. The minimum atomic E-state index is -0.205. The minimum absolute atomic E-state index is 0.112. The van der Waals surface area contributed by atoms with Crippen LogP contribution in [0, 0.1) is 0 Å².